The first-order valence-electron chi connectivity index (χ1n) is 9.15. The van der Waals surface area contributed by atoms with E-state index >= 15 is 0 Å². The van der Waals surface area contributed by atoms with Crippen LogP contribution in [0.15, 0.2) is 40.8 Å². The number of hydrogen-bond acceptors (Lipinski definition) is 3. The van der Waals surface area contributed by atoms with Gasteiger partial charge in [-0.15, -0.1) is 0 Å². The average Bonchev–Trinajstić information content (AvgIpc) is 3.15. The van der Waals surface area contributed by atoms with E-state index < -0.39 is 11.7 Å². The van der Waals surface area contributed by atoms with E-state index in [-0.39, 0.29) is 29.5 Å². The van der Waals surface area contributed by atoms with Crippen LogP contribution in [0.5, 0.6) is 0 Å². The van der Waals surface area contributed by atoms with Gasteiger partial charge in [0, 0.05) is 17.6 Å². The predicted octanol–water partition coefficient (Wildman–Crippen LogP) is 4.18. The third-order valence-electron chi connectivity index (χ3n) is 5.78. The molecule has 2 bridgehead atoms. The number of benzene rings is 1. The number of amides is 1. The van der Waals surface area contributed by atoms with E-state index in [4.69, 9.17) is 4.42 Å². The molecule has 5 rings (SSSR count). The van der Waals surface area contributed by atoms with Crippen molar-refractivity contribution < 1.29 is 22.4 Å². The number of hydrogen-bond donors (Lipinski definition) is 1. The highest BCUT2D eigenvalue weighted by Crippen LogP contribution is 2.34. The molecule has 2 atom stereocenters. The molecule has 1 N–H and O–H groups in total. The van der Waals surface area contributed by atoms with Crippen LogP contribution in [0.2, 0.25) is 0 Å². The maximum Gasteiger partial charge on any atom is 0.416 e. The summed E-state index contributed by atoms with van der Waals surface area (Å²) in [6.07, 6.45) is -2.28. The van der Waals surface area contributed by atoms with Gasteiger partial charge in [0.25, 0.3) is 5.91 Å². The Morgan fingerprint density at radius 2 is 1.93 bits per heavy atom. The zero-order chi connectivity index (χ0) is 19.2. The third kappa shape index (κ3) is 3.48. The first-order valence-corrected chi connectivity index (χ1v) is 9.15. The molecule has 2 aromatic rings. The quantitative estimate of drug-likeness (QED) is 0.872. The van der Waals surface area contributed by atoms with E-state index in [9.17, 15) is 18.0 Å². The maximum absolute atomic E-state index is 12.9. The lowest BCUT2D eigenvalue weighted by atomic mass is 9.79. The summed E-state index contributed by atoms with van der Waals surface area (Å²) < 4.78 is 44.2. The van der Waals surface area contributed by atoms with Gasteiger partial charge in [-0.05, 0) is 63.0 Å². The first-order chi connectivity index (χ1) is 12.8. The molecular formula is C20H21F3N2O2. The lowest BCUT2D eigenvalue weighted by Crippen LogP contribution is -2.62. The molecule has 0 radical (unpaired) electrons. The highest BCUT2D eigenvalue weighted by atomic mass is 19.4. The van der Waals surface area contributed by atoms with E-state index in [1.165, 1.54) is 24.3 Å². The fourth-order valence-corrected chi connectivity index (χ4v) is 4.23. The molecule has 3 fully saturated rings. The number of piperidine rings is 3. The number of furan rings is 1. The van der Waals surface area contributed by atoms with E-state index in [0.717, 1.165) is 38.1 Å². The van der Waals surface area contributed by atoms with Crippen LogP contribution in [0.4, 0.5) is 13.2 Å². The van der Waals surface area contributed by atoms with Crippen LogP contribution in [0.25, 0.3) is 11.3 Å². The molecule has 3 aliphatic heterocycles. The summed E-state index contributed by atoms with van der Waals surface area (Å²) in [6, 6.07) is 8.29. The third-order valence-corrected chi connectivity index (χ3v) is 5.78. The fraction of sp³-hybridized carbons (Fsp3) is 0.450. The first kappa shape index (κ1) is 18.1. The van der Waals surface area contributed by atoms with Gasteiger partial charge in [-0.3, -0.25) is 9.69 Å². The molecule has 4 heterocycles. The summed E-state index contributed by atoms with van der Waals surface area (Å²) in [5.74, 6) is 0.505. The minimum absolute atomic E-state index is 0.0714. The minimum atomic E-state index is -4.42. The van der Waals surface area contributed by atoms with E-state index in [0.29, 0.717) is 11.5 Å². The Labute approximate surface area is 155 Å². The molecule has 3 aliphatic rings. The van der Waals surface area contributed by atoms with Gasteiger partial charge >= 0.3 is 6.18 Å². The maximum atomic E-state index is 12.9. The molecule has 0 saturated carbocycles. The molecule has 0 unspecified atom stereocenters. The molecule has 0 spiro atoms. The summed E-state index contributed by atoms with van der Waals surface area (Å²) in [6.45, 7) is 4.25. The summed E-state index contributed by atoms with van der Waals surface area (Å²) >= 11 is 0. The fourth-order valence-electron chi connectivity index (χ4n) is 4.23. The van der Waals surface area contributed by atoms with Gasteiger partial charge < -0.3 is 9.73 Å². The number of alkyl halides is 3. The largest absolute Gasteiger partial charge is 0.451 e. The van der Waals surface area contributed by atoms with E-state index in [2.05, 4.69) is 17.1 Å². The van der Waals surface area contributed by atoms with Crippen LogP contribution in [-0.2, 0) is 6.18 Å². The second kappa shape index (κ2) is 6.71. The summed E-state index contributed by atoms with van der Waals surface area (Å²) in [4.78, 5) is 15.0. The van der Waals surface area contributed by atoms with Gasteiger partial charge in [0.1, 0.15) is 5.76 Å². The van der Waals surface area contributed by atoms with E-state index in [1.54, 1.807) is 0 Å². The second-order valence-corrected chi connectivity index (χ2v) is 7.36. The molecule has 1 aromatic heterocycles. The lowest BCUT2D eigenvalue weighted by Gasteiger charge is -2.49. The smallest absolute Gasteiger partial charge is 0.416 e. The van der Waals surface area contributed by atoms with Crippen molar-refractivity contribution in [2.24, 2.45) is 5.92 Å². The Kier molecular flexibility index (Phi) is 4.50. The molecule has 1 aromatic carbocycles. The summed E-state index contributed by atoms with van der Waals surface area (Å²) in [7, 11) is 0. The Bertz CT molecular complexity index is 836. The van der Waals surface area contributed by atoms with Gasteiger partial charge in [0.2, 0.25) is 0 Å². The zero-order valence-electron chi connectivity index (χ0n) is 14.9. The molecule has 0 aliphatic carbocycles. The monoisotopic (exact) mass is 378 g/mol. The van der Waals surface area contributed by atoms with Gasteiger partial charge in [-0.1, -0.05) is 12.1 Å². The van der Waals surface area contributed by atoms with Crippen LogP contribution in [0.1, 0.15) is 35.9 Å². The molecule has 7 heteroatoms. The Morgan fingerprint density at radius 1 is 1.19 bits per heavy atom. The number of halogens is 3. The van der Waals surface area contributed by atoms with Crippen LogP contribution in [-0.4, -0.2) is 36.0 Å². The number of rotatable bonds is 3. The molecule has 1 amide bonds. The highest BCUT2D eigenvalue weighted by Gasteiger charge is 2.40. The molecule has 27 heavy (non-hydrogen) atoms. The second-order valence-electron chi connectivity index (χ2n) is 7.36. The number of carbonyl (C=O) groups excluding carboxylic acids is 1. The van der Waals surface area contributed by atoms with Crippen LogP contribution in [0.3, 0.4) is 0 Å². The predicted molar refractivity (Wildman–Crippen MR) is 94.2 cm³/mol. The van der Waals surface area contributed by atoms with E-state index in [1.807, 2.05) is 0 Å². The van der Waals surface area contributed by atoms with Crippen LogP contribution >= 0.6 is 0 Å². The SMILES string of the molecule is C[C@H]1[C@H](NC(=O)c2ccc(-c3cccc(C(F)(F)F)c3)o2)C2CCN1CC2. The van der Waals surface area contributed by atoms with Crippen LogP contribution in [0, 0.1) is 5.92 Å². The number of nitrogens with one attached hydrogen (secondary N) is 1. The van der Waals surface area contributed by atoms with Crippen molar-refractivity contribution in [3.05, 3.63) is 47.7 Å². The lowest BCUT2D eigenvalue weighted by molar-refractivity contribution is -0.137. The Morgan fingerprint density at radius 3 is 2.59 bits per heavy atom. The molecule has 3 saturated heterocycles. The van der Waals surface area contributed by atoms with Crippen molar-refractivity contribution in [1.29, 1.82) is 0 Å². The average molecular weight is 378 g/mol. The number of nitrogens with zero attached hydrogens (tertiary/aromatic N) is 1. The van der Waals surface area contributed by atoms with Crippen molar-refractivity contribution in [1.82, 2.24) is 10.2 Å². The zero-order valence-corrected chi connectivity index (χ0v) is 14.9. The van der Waals surface area contributed by atoms with Gasteiger partial charge in [0.05, 0.1) is 5.56 Å². The van der Waals surface area contributed by atoms with Crippen molar-refractivity contribution in [2.45, 2.75) is 38.0 Å². The Hall–Kier alpha value is -2.28. The van der Waals surface area contributed by atoms with Gasteiger partial charge in [-0.2, -0.15) is 13.2 Å². The summed E-state index contributed by atoms with van der Waals surface area (Å²) in [5.41, 5.74) is -0.455. The molecule has 4 nitrogen and oxygen atoms in total. The summed E-state index contributed by atoms with van der Waals surface area (Å²) in [5, 5.41) is 3.06. The number of fused-ring (bicyclic) bond motifs is 3. The standard InChI is InChI=1S/C20H21F3N2O2/c1-12-18(13-7-9-25(12)10-8-13)24-19(26)17-6-5-16(27-17)14-3-2-4-15(11-14)20(21,22)23/h2-6,11-13,18H,7-10H2,1H3,(H,24,26)/t12-,18-/m0/s1. The topological polar surface area (TPSA) is 45.5 Å². The van der Waals surface area contributed by atoms with Gasteiger partial charge in [-0.25, -0.2) is 0 Å². The minimum Gasteiger partial charge on any atom is -0.451 e. The molecular weight excluding hydrogens is 357 g/mol. The van der Waals surface area contributed by atoms with Crippen molar-refractivity contribution in [3.8, 4) is 11.3 Å². The normalized spacial score (nSPS) is 27.6. The van der Waals surface area contributed by atoms with Crippen LogP contribution < -0.4 is 5.32 Å². The molecule has 144 valence electrons. The van der Waals surface area contributed by atoms with Crippen molar-refractivity contribution in [3.63, 3.8) is 0 Å². The highest BCUT2D eigenvalue weighted by molar-refractivity contribution is 5.92. The van der Waals surface area contributed by atoms with Crippen molar-refractivity contribution in [2.75, 3.05) is 13.1 Å². The number of carbonyl (C=O) groups is 1. The Balaban J connectivity index is 1.50. The van der Waals surface area contributed by atoms with Gasteiger partial charge in [0.15, 0.2) is 5.76 Å². The van der Waals surface area contributed by atoms with Crippen molar-refractivity contribution >= 4 is 5.91 Å².